The largest absolute Gasteiger partial charge is 0.369 e. The van der Waals surface area contributed by atoms with Crippen molar-refractivity contribution in [1.82, 2.24) is 10.3 Å². The van der Waals surface area contributed by atoms with Gasteiger partial charge in [0, 0.05) is 17.6 Å². The van der Waals surface area contributed by atoms with Gasteiger partial charge in [0.05, 0.1) is 12.1 Å². The van der Waals surface area contributed by atoms with Crippen molar-refractivity contribution in [1.29, 1.82) is 0 Å². The number of aromatic nitrogens is 1. The molecule has 2 aromatic heterocycles. The zero-order valence-electron chi connectivity index (χ0n) is 10.8. The lowest BCUT2D eigenvalue weighted by atomic mass is 10.2. The Morgan fingerprint density at radius 2 is 2.26 bits per heavy atom. The summed E-state index contributed by atoms with van der Waals surface area (Å²) in [6, 6.07) is 7.54. The smallest absolute Gasteiger partial charge is 0.255 e. The van der Waals surface area contributed by atoms with Crippen molar-refractivity contribution in [3.8, 4) is 0 Å². The molecular formula is C14H17N3OS. The second-order valence-electron chi connectivity index (χ2n) is 4.09. The molecule has 2 heterocycles. The molecule has 0 aromatic carbocycles. The van der Waals surface area contributed by atoms with Gasteiger partial charge in [0.1, 0.15) is 5.82 Å². The Bertz CT molecular complexity index is 525. The van der Waals surface area contributed by atoms with Crippen molar-refractivity contribution in [3.05, 3.63) is 46.3 Å². The number of thiophene rings is 1. The maximum absolute atomic E-state index is 12.1. The van der Waals surface area contributed by atoms with E-state index in [9.17, 15) is 4.79 Å². The van der Waals surface area contributed by atoms with Gasteiger partial charge >= 0.3 is 0 Å². The summed E-state index contributed by atoms with van der Waals surface area (Å²) in [4.78, 5) is 17.5. The van der Waals surface area contributed by atoms with Crippen LogP contribution in [-0.4, -0.2) is 17.4 Å². The van der Waals surface area contributed by atoms with Crippen LogP contribution in [-0.2, 0) is 6.54 Å². The predicted molar refractivity (Wildman–Crippen MR) is 78.5 cm³/mol. The number of nitrogens with one attached hydrogen (secondary N) is 2. The van der Waals surface area contributed by atoms with Crippen molar-refractivity contribution in [3.63, 3.8) is 0 Å². The van der Waals surface area contributed by atoms with Crippen LogP contribution in [0.5, 0.6) is 0 Å². The first-order valence-corrected chi connectivity index (χ1v) is 7.18. The molecule has 2 rings (SSSR count). The van der Waals surface area contributed by atoms with Crippen LogP contribution in [0, 0.1) is 0 Å². The summed E-state index contributed by atoms with van der Waals surface area (Å²) in [6.07, 6.45) is 2.68. The molecule has 2 aromatic rings. The Labute approximate surface area is 116 Å². The Morgan fingerprint density at radius 3 is 3.00 bits per heavy atom. The lowest BCUT2D eigenvalue weighted by molar-refractivity contribution is 0.0952. The zero-order valence-corrected chi connectivity index (χ0v) is 11.7. The first-order chi connectivity index (χ1) is 9.31. The van der Waals surface area contributed by atoms with E-state index in [1.54, 1.807) is 29.7 Å². The fourth-order valence-corrected chi connectivity index (χ4v) is 2.29. The SMILES string of the molecule is CCCNc1ncccc1C(=O)NCc1cccs1. The van der Waals surface area contributed by atoms with Crippen molar-refractivity contribution in [2.45, 2.75) is 19.9 Å². The number of carbonyl (C=O) groups excluding carboxylic acids is 1. The molecule has 19 heavy (non-hydrogen) atoms. The van der Waals surface area contributed by atoms with E-state index in [-0.39, 0.29) is 5.91 Å². The van der Waals surface area contributed by atoms with Crippen molar-refractivity contribution in [2.24, 2.45) is 0 Å². The number of carbonyl (C=O) groups is 1. The fraction of sp³-hybridized carbons (Fsp3) is 0.286. The van der Waals surface area contributed by atoms with Gasteiger partial charge in [0.25, 0.3) is 5.91 Å². The maximum Gasteiger partial charge on any atom is 0.255 e. The Kier molecular flexibility index (Phi) is 4.92. The van der Waals surface area contributed by atoms with E-state index in [2.05, 4.69) is 22.5 Å². The molecule has 0 radical (unpaired) electrons. The summed E-state index contributed by atoms with van der Waals surface area (Å²) < 4.78 is 0. The maximum atomic E-state index is 12.1. The van der Waals surface area contributed by atoms with Gasteiger partial charge in [0.2, 0.25) is 0 Å². The molecule has 0 aliphatic heterocycles. The van der Waals surface area contributed by atoms with Gasteiger partial charge in [-0.1, -0.05) is 13.0 Å². The molecule has 100 valence electrons. The summed E-state index contributed by atoms with van der Waals surface area (Å²) in [6.45, 7) is 3.44. The summed E-state index contributed by atoms with van der Waals surface area (Å²) in [7, 11) is 0. The minimum absolute atomic E-state index is 0.0971. The number of hydrogen-bond acceptors (Lipinski definition) is 4. The van der Waals surface area contributed by atoms with Gasteiger partial charge in [-0.05, 0) is 30.0 Å². The van der Waals surface area contributed by atoms with Crippen LogP contribution in [0.15, 0.2) is 35.8 Å². The van der Waals surface area contributed by atoms with Gasteiger partial charge in [-0.25, -0.2) is 4.98 Å². The Morgan fingerprint density at radius 1 is 1.37 bits per heavy atom. The third kappa shape index (κ3) is 3.79. The van der Waals surface area contributed by atoms with Crippen LogP contribution < -0.4 is 10.6 Å². The topological polar surface area (TPSA) is 54.0 Å². The monoisotopic (exact) mass is 275 g/mol. The molecule has 5 heteroatoms. The van der Waals surface area contributed by atoms with Crippen molar-refractivity contribution >= 4 is 23.1 Å². The van der Waals surface area contributed by atoms with Crippen LogP contribution in [0.4, 0.5) is 5.82 Å². The Hall–Kier alpha value is -1.88. The molecule has 0 saturated carbocycles. The second-order valence-corrected chi connectivity index (χ2v) is 5.12. The summed E-state index contributed by atoms with van der Waals surface area (Å²) in [5.41, 5.74) is 0.590. The lowest BCUT2D eigenvalue weighted by Gasteiger charge is -2.10. The molecule has 0 aliphatic rings. The minimum Gasteiger partial charge on any atom is -0.369 e. The van der Waals surface area contributed by atoms with E-state index >= 15 is 0 Å². The van der Waals surface area contributed by atoms with Gasteiger partial charge in [-0.2, -0.15) is 0 Å². The standard InChI is InChI=1S/C14H17N3OS/c1-2-7-15-13-12(6-3-8-16-13)14(18)17-10-11-5-4-9-19-11/h3-6,8-9H,2,7,10H2,1H3,(H,15,16)(H,17,18). The second kappa shape index (κ2) is 6.89. The predicted octanol–water partition coefficient (Wildman–Crippen LogP) is 2.90. The highest BCUT2D eigenvalue weighted by molar-refractivity contribution is 7.09. The molecule has 0 saturated heterocycles. The molecule has 0 aliphatic carbocycles. The molecule has 0 spiro atoms. The molecule has 0 fully saturated rings. The number of nitrogens with zero attached hydrogens (tertiary/aromatic N) is 1. The first kappa shape index (κ1) is 13.5. The molecule has 1 amide bonds. The van der Waals surface area contributed by atoms with Gasteiger partial charge < -0.3 is 10.6 Å². The van der Waals surface area contributed by atoms with Gasteiger partial charge in [-0.3, -0.25) is 4.79 Å². The molecule has 0 unspecified atom stereocenters. The van der Waals surface area contributed by atoms with E-state index in [1.165, 1.54) is 0 Å². The van der Waals surface area contributed by atoms with E-state index in [1.807, 2.05) is 17.5 Å². The fourth-order valence-electron chi connectivity index (χ4n) is 1.65. The molecule has 2 N–H and O–H groups in total. The van der Waals surface area contributed by atoms with Crippen LogP contribution in [0.2, 0.25) is 0 Å². The molecule has 0 atom stereocenters. The number of anilines is 1. The zero-order chi connectivity index (χ0) is 13.5. The van der Waals surface area contributed by atoms with Crippen molar-refractivity contribution in [2.75, 3.05) is 11.9 Å². The normalized spacial score (nSPS) is 10.2. The van der Waals surface area contributed by atoms with Crippen LogP contribution in [0.1, 0.15) is 28.6 Å². The first-order valence-electron chi connectivity index (χ1n) is 6.30. The quantitative estimate of drug-likeness (QED) is 0.852. The molecular weight excluding hydrogens is 258 g/mol. The minimum atomic E-state index is -0.0971. The van der Waals surface area contributed by atoms with Crippen molar-refractivity contribution < 1.29 is 4.79 Å². The highest BCUT2D eigenvalue weighted by Crippen LogP contribution is 2.12. The molecule has 4 nitrogen and oxygen atoms in total. The van der Waals surface area contributed by atoms with E-state index in [0.29, 0.717) is 17.9 Å². The number of amides is 1. The Balaban J connectivity index is 2.01. The van der Waals surface area contributed by atoms with Gasteiger partial charge in [-0.15, -0.1) is 11.3 Å². The van der Waals surface area contributed by atoms with Crippen LogP contribution in [0.3, 0.4) is 0 Å². The van der Waals surface area contributed by atoms with Gasteiger partial charge in [0.15, 0.2) is 0 Å². The summed E-state index contributed by atoms with van der Waals surface area (Å²) in [5, 5.41) is 8.08. The van der Waals surface area contributed by atoms with E-state index in [0.717, 1.165) is 17.8 Å². The number of hydrogen-bond donors (Lipinski definition) is 2. The highest BCUT2D eigenvalue weighted by Gasteiger charge is 2.11. The average molecular weight is 275 g/mol. The third-order valence-electron chi connectivity index (χ3n) is 2.60. The number of rotatable bonds is 6. The van der Waals surface area contributed by atoms with E-state index < -0.39 is 0 Å². The van der Waals surface area contributed by atoms with Crippen LogP contribution in [0.25, 0.3) is 0 Å². The lowest BCUT2D eigenvalue weighted by Crippen LogP contribution is -2.24. The van der Waals surface area contributed by atoms with E-state index in [4.69, 9.17) is 0 Å². The highest BCUT2D eigenvalue weighted by atomic mass is 32.1. The van der Waals surface area contributed by atoms with Crippen LogP contribution >= 0.6 is 11.3 Å². The third-order valence-corrected chi connectivity index (χ3v) is 3.47. The molecule has 0 bridgehead atoms. The number of pyridine rings is 1. The summed E-state index contributed by atoms with van der Waals surface area (Å²) >= 11 is 1.63. The summed E-state index contributed by atoms with van der Waals surface area (Å²) in [5.74, 6) is 0.549. The average Bonchev–Trinajstić information content (AvgIpc) is 2.96.